The van der Waals surface area contributed by atoms with Gasteiger partial charge in [-0.1, -0.05) is 17.7 Å². The van der Waals surface area contributed by atoms with Gasteiger partial charge in [0, 0.05) is 29.7 Å². The lowest BCUT2D eigenvalue weighted by Gasteiger charge is -2.07. The Bertz CT molecular complexity index is 1070. The van der Waals surface area contributed by atoms with Crippen molar-refractivity contribution in [1.29, 1.82) is 0 Å². The third-order valence-corrected chi connectivity index (χ3v) is 5.53. The van der Waals surface area contributed by atoms with Crippen molar-refractivity contribution in [1.82, 2.24) is 19.9 Å². The average molecular weight is 397 g/mol. The molecule has 0 saturated carbocycles. The lowest BCUT2D eigenvalue weighted by atomic mass is 10.0. The highest BCUT2D eigenvalue weighted by atomic mass is 35.5. The number of nitrogens with one attached hydrogen (secondary N) is 1. The van der Waals surface area contributed by atoms with Crippen molar-refractivity contribution in [2.45, 2.75) is 6.42 Å². The number of imidazole rings is 1. The number of benzene rings is 1. The lowest BCUT2D eigenvalue weighted by molar-refractivity contribution is 0.969. The molecule has 4 rings (SSSR count). The highest BCUT2D eigenvalue weighted by Crippen LogP contribution is 2.41. The van der Waals surface area contributed by atoms with Crippen molar-refractivity contribution in [2.24, 2.45) is 5.73 Å². The summed E-state index contributed by atoms with van der Waals surface area (Å²) in [7, 11) is 0. The van der Waals surface area contributed by atoms with E-state index in [9.17, 15) is 0 Å². The fourth-order valence-electron chi connectivity index (χ4n) is 2.83. The molecule has 0 atom stereocenters. The van der Waals surface area contributed by atoms with Gasteiger partial charge in [0.25, 0.3) is 0 Å². The second-order valence-electron chi connectivity index (χ2n) is 5.96. The number of aromatic nitrogens is 4. The first kappa shape index (κ1) is 17.7. The zero-order valence-electron chi connectivity index (χ0n) is 14.3. The quantitative estimate of drug-likeness (QED) is 0.472. The number of pyridine rings is 1. The van der Waals surface area contributed by atoms with Crippen LogP contribution in [0.1, 0.15) is 5.56 Å². The molecule has 8 heteroatoms. The molecule has 3 heterocycles. The van der Waals surface area contributed by atoms with Crippen LogP contribution in [0.5, 0.6) is 0 Å². The summed E-state index contributed by atoms with van der Waals surface area (Å²) in [5.41, 5.74) is 15.2. The molecule has 0 aliphatic rings. The molecule has 0 aliphatic heterocycles. The number of hydrogen-bond donors (Lipinski definition) is 3. The van der Waals surface area contributed by atoms with Gasteiger partial charge in [-0.15, -0.1) is 11.3 Å². The number of halogens is 1. The number of nitrogens with two attached hydrogens (primary N) is 2. The van der Waals surface area contributed by atoms with Crippen molar-refractivity contribution >= 4 is 28.8 Å². The van der Waals surface area contributed by atoms with Crippen LogP contribution in [0.4, 0.5) is 5.82 Å². The van der Waals surface area contributed by atoms with Gasteiger partial charge in [0.2, 0.25) is 0 Å². The summed E-state index contributed by atoms with van der Waals surface area (Å²) >= 11 is 8.05. The Morgan fingerprint density at radius 3 is 2.74 bits per heavy atom. The van der Waals surface area contributed by atoms with E-state index in [1.165, 1.54) is 11.3 Å². The molecule has 0 bridgehead atoms. The van der Waals surface area contributed by atoms with E-state index in [1.807, 2.05) is 24.3 Å². The molecule has 27 heavy (non-hydrogen) atoms. The fourth-order valence-corrected chi connectivity index (χ4v) is 4.08. The summed E-state index contributed by atoms with van der Waals surface area (Å²) in [5.74, 6) is 1.20. The Balaban J connectivity index is 1.90. The third kappa shape index (κ3) is 3.57. The molecule has 0 aliphatic carbocycles. The van der Waals surface area contributed by atoms with Crippen LogP contribution in [0.2, 0.25) is 5.02 Å². The number of hydrogen-bond acceptors (Lipinski definition) is 6. The van der Waals surface area contributed by atoms with Gasteiger partial charge in [0.15, 0.2) is 0 Å². The zero-order chi connectivity index (χ0) is 18.8. The molecule has 6 nitrogen and oxygen atoms in total. The Morgan fingerprint density at radius 1 is 1.11 bits per heavy atom. The average Bonchev–Trinajstić information content (AvgIpc) is 3.33. The van der Waals surface area contributed by atoms with Gasteiger partial charge in [-0.2, -0.15) is 0 Å². The van der Waals surface area contributed by atoms with E-state index >= 15 is 0 Å². The van der Waals surface area contributed by atoms with Gasteiger partial charge in [0.05, 0.1) is 15.6 Å². The van der Waals surface area contributed by atoms with Crippen LogP contribution in [-0.4, -0.2) is 26.5 Å². The number of nitrogen functional groups attached to an aromatic ring is 1. The summed E-state index contributed by atoms with van der Waals surface area (Å²) in [5, 5.41) is 1.46. The molecule has 3 aromatic heterocycles. The molecule has 0 spiro atoms. The van der Waals surface area contributed by atoms with E-state index in [1.54, 1.807) is 24.7 Å². The van der Waals surface area contributed by atoms with Crippen molar-refractivity contribution in [3.05, 3.63) is 59.5 Å². The second-order valence-corrected chi connectivity index (χ2v) is 7.36. The lowest BCUT2D eigenvalue weighted by Crippen LogP contribution is -2.02. The van der Waals surface area contributed by atoms with E-state index in [0.717, 1.165) is 44.5 Å². The summed E-state index contributed by atoms with van der Waals surface area (Å²) in [6, 6.07) is 9.61. The number of aromatic amines is 1. The predicted molar refractivity (Wildman–Crippen MR) is 111 cm³/mol. The summed E-state index contributed by atoms with van der Waals surface area (Å²) in [6.07, 6.45) is 5.95. The number of rotatable bonds is 5. The molecule has 0 radical (unpaired) electrons. The van der Waals surface area contributed by atoms with Gasteiger partial charge < -0.3 is 16.5 Å². The Kier molecular flexibility index (Phi) is 4.89. The largest absolute Gasteiger partial charge is 0.384 e. The van der Waals surface area contributed by atoms with Crippen molar-refractivity contribution < 1.29 is 0 Å². The van der Waals surface area contributed by atoms with E-state index in [-0.39, 0.29) is 0 Å². The Morgan fingerprint density at radius 2 is 2.00 bits per heavy atom. The highest BCUT2D eigenvalue weighted by Gasteiger charge is 2.20. The molecule has 1 aromatic carbocycles. The maximum atomic E-state index is 6.52. The van der Waals surface area contributed by atoms with Gasteiger partial charge in [-0.05, 0) is 42.8 Å². The SMILES string of the molecule is NCCc1ccc(Cl)c(-c2nc(-c3ccnc(N)c3)sc2-c2ncc[nH]2)c1. The Hall–Kier alpha value is -2.74. The second kappa shape index (κ2) is 7.48. The van der Waals surface area contributed by atoms with Gasteiger partial charge in [-0.3, -0.25) is 0 Å². The molecule has 4 aromatic rings. The van der Waals surface area contributed by atoms with Crippen LogP contribution in [0, 0.1) is 0 Å². The number of anilines is 1. The Labute approximate surface area is 165 Å². The fraction of sp³-hybridized carbons (Fsp3) is 0.105. The van der Waals surface area contributed by atoms with Gasteiger partial charge >= 0.3 is 0 Å². The monoisotopic (exact) mass is 396 g/mol. The third-order valence-electron chi connectivity index (χ3n) is 4.09. The van der Waals surface area contributed by atoms with Crippen LogP contribution in [-0.2, 0) is 6.42 Å². The highest BCUT2D eigenvalue weighted by molar-refractivity contribution is 7.18. The van der Waals surface area contributed by atoms with Crippen molar-refractivity contribution in [2.75, 3.05) is 12.3 Å². The van der Waals surface area contributed by atoms with Crippen LogP contribution in [0.15, 0.2) is 48.9 Å². The first-order valence-electron chi connectivity index (χ1n) is 8.37. The molecule has 136 valence electrons. The zero-order valence-corrected chi connectivity index (χ0v) is 15.9. The first-order chi connectivity index (χ1) is 13.2. The van der Waals surface area contributed by atoms with Crippen molar-refractivity contribution in [3.63, 3.8) is 0 Å². The number of H-pyrrole nitrogens is 1. The van der Waals surface area contributed by atoms with E-state index < -0.39 is 0 Å². The summed E-state index contributed by atoms with van der Waals surface area (Å²) in [4.78, 5) is 17.4. The molecular formula is C19H17ClN6S. The van der Waals surface area contributed by atoms with Crippen molar-refractivity contribution in [3.8, 4) is 32.5 Å². The summed E-state index contributed by atoms with van der Waals surface area (Å²) in [6.45, 7) is 0.574. The number of nitrogens with zero attached hydrogens (tertiary/aromatic N) is 3. The van der Waals surface area contributed by atoms with Crippen LogP contribution in [0.3, 0.4) is 0 Å². The topological polar surface area (TPSA) is 106 Å². The minimum absolute atomic E-state index is 0.451. The molecular weight excluding hydrogens is 380 g/mol. The van der Waals surface area contributed by atoms with Gasteiger partial charge in [-0.25, -0.2) is 15.0 Å². The van der Waals surface area contributed by atoms with E-state index in [4.69, 9.17) is 28.1 Å². The minimum atomic E-state index is 0.451. The first-order valence-corrected chi connectivity index (χ1v) is 9.56. The number of thiazole rings is 1. The van der Waals surface area contributed by atoms with Gasteiger partial charge in [0.1, 0.15) is 16.6 Å². The smallest absolute Gasteiger partial charge is 0.149 e. The standard InChI is InChI=1S/C19H17ClN6S/c20-14-2-1-11(3-5-21)9-13(14)16-17(18-24-7-8-25-18)27-19(26-16)12-4-6-23-15(22)10-12/h1-2,4,6-10H,3,5,21H2,(H2,22,23)(H,24,25). The van der Waals surface area contributed by atoms with Crippen LogP contribution in [0.25, 0.3) is 32.5 Å². The minimum Gasteiger partial charge on any atom is -0.384 e. The van der Waals surface area contributed by atoms with E-state index in [2.05, 4.69) is 15.0 Å². The summed E-state index contributed by atoms with van der Waals surface area (Å²) < 4.78 is 0. The maximum Gasteiger partial charge on any atom is 0.149 e. The molecule has 0 fully saturated rings. The normalized spacial score (nSPS) is 11.0. The predicted octanol–water partition coefficient (Wildman–Crippen LogP) is 4.00. The maximum absolute atomic E-state index is 6.52. The van der Waals surface area contributed by atoms with Crippen LogP contribution >= 0.6 is 22.9 Å². The molecule has 0 saturated heterocycles. The van der Waals surface area contributed by atoms with Crippen LogP contribution < -0.4 is 11.5 Å². The molecule has 0 amide bonds. The van der Waals surface area contributed by atoms with E-state index in [0.29, 0.717) is 17.4 Å². The molecule has 0 unspecified atom stereocenters. The molecule has 5 N–H and O–H groups in total.